The van der Waals surface area contributed by atoms with Gasteiger partial charge >= 0.3 is 0 Å². The Kier molecular flexibility index (Phi) is 5.63. The second kappa shape index (κ2) is 8.29. The van der Waals surface area contributed by atoms with Gasteiger partial charge in [0, 0.05) is 17.8 Å². The van der Waals surface area contributed by atoms with Crippen LogP contribution in [0.3, 0.4) is 0 Å². The molecule has 0 atom stereocenters. The predicted molar refractivity (Wildman–Crippen MR) is 104 cm³/mol. The largest absolute Gasteiger partial charge is 0.376 e. The van der Waals surface area contributed by atoms with Crippen molar-refractivity contribution < 1.29 is 4.79 Å². The van der Waals surface area contributed by atoms with E-state index in [1.807, 2.05) is 48.5 Å². The molecule has 0 bridgehead atoms. The lowest BCUT2D eigenvalue weighted by Gasteiger charge is -2.12. The van der Waals surface area contributed by atoms with Gasteiger partial charge in [0.15, 0.2) is 0 Å². The average molecular weight is 350 g/mol. The van der Waals surface area contributed by atoms with Gasteiger partial charge in [0.05, 0.1) is 17.6 Å². The topological polar surface area (TPSA) is 86.9 Å². The van der Waals surface area contributed by atoms with Crippen molar-refractivity contribution in [3.63, 3.8) is 0 Å². The highest BCUT2D eigenvalue weighted by Crippen LogP contribution is 2.24. The van der Waals surface area contributed by atoms with E-state index in [0.29, 0.717) is 34.5 Å². The maximum absolute atomic E-state index is 12.5. The molecule has 2 aromatic carbocycles. The number of amides is 1. The van der Waals surface area contributed by atoms with Crippen molar-refractivity contribution in [3.05, 3.63) is 58.9 Å². The molecule has 1 heterocycles. The Bertz CT molecular complexity index is 965. The molecule has 0 spiro atoms. The third-order valence-corrected chi connectivity index (χ3v) is 4.07. The summed E-state index contributed by atoms with van der Waals surface area (Å²) in [7, 11) is 0. The van der Waals surface area contributed by atoms with Crippen LogP contribution in [0.25, 0.3) is 22.3 Å². The Hall–Kier alpha value is -3.15. The first-order valence-corrected chi connectivity index (χ1v) is 8.78. The van der Waals surface area contributed by atoms with Crippen LogP contribution in [-0.4, -0.2) is 29.0 Å². The third kappa shape index (κ3) is 4.08. The molecular weight excluding hydrogens is 328 g/mol. The molecule has 1 amide bonds. The molecule has 0 saturated heterocycles. The van der Waals surface area contributed by atoms with Gasteiger partial charge in [-0.05, 0) is 24.6 Å². The summed E-state index contributed by atoms with van der Waals surface area (Å²) < 4.78 is 0. The Morgan fingerprint density at radius 2 is 1.88 bits per heavy atom. The SMILES string of the molecule is CCCCNC(=O)CNc1ccccc1-c1nc2ccccc2[nH]c1=O. The van der Waals surface area contributed by atoms with Gasteiger partial charge in [0.2, 0.25) is 5.91 Å². The summed E-state index contributed by atoms with van der Waals surface area (Å²) in [4.78, 5) is 31.8. The van der Waals surface area contributed by atoms with Gasteiger partial charge in [-0.1, -0.05) is 43.7 Å². The minimum atomic E-state index is -0.259. The third-order valence-electron chi connectivity index (χ3n) is 4.07. The number of carbonyl (C=O) groups is 1. The van der Waals surface area contributed by atoms with Crippen LogP contribution in [-0.2, 0) is 4.79 Å². The summed E-state index contributed by atoms with van der Waals surface area (Å²) >= 11 is 0. The summed E-state index contributed by atoms with van der Waals surface area (Å²) in [5, 5.41) is 5.97. The highest BCUT2D eigenvalue weighted by atomic mass is 16.2. The number of fused-ring (bicyclic) bond motifs is 1. The number of rotatable bonds is 7. The van der Waals surface area contributed by atoms with Crippen molar-refractivity contribution in [3.8, 4) is 11.3 Å². The zero-order valence-electron chi connectivity index (χ0n) is 14.7. The number of aromatic nitrogens is 2. The van der Waals surface area contributed by atoms with Gasteiger partial charge in [-0.25, -0.2) is 4.98 Å². The summed E-state index contributed by atoms with van der Waals surface area (Å²) in [6.45, 7) is 2.89. The fourth-order valence-electron chi connectivity index (χ4n) is 2.70. The highest BCUT2D eigenvalue weighted by Gasteiger charge is 2.12. The normalized spacial score (nSPS) is 10.7. The summed E-state index contributed by atoms with van der Waals surface area (Å²) in [5.74, 6) is -0.0753. The van der Waals surface area contributed by atoms with Crippen LogP contribution in [0.5, 0.6) is 0 Å². The van der Waals surface area contributed by atoms with Crippen molar-refractivity contribution in [2.75, 3.05) is 18.4 Å². The van der Waals surface area contributed by atoms with E-state index in [9.17, 15) is 9.59 Å². The van der Waals surface area contributed by atoms with Gasteiger partial charge in [0.1, 0.15) is 5.69 Å². The second-order valence-corrected chi connectivity index (χ2v) is 6.03. The minimum Gasteiger partial charge on any atom is -0.376 e. The van der Waals surface area contributed by atoms with Gasteiger partial charge < -0.3 is 15.6 Å². The molecule has 6 nitrogen and oxygen atoms in total. The molecule has 1 aromatic heterocycles. The zero-order valence-corrected chi connectivity index (χ0v) is 14.7. The number of nitrogens with one attached hydrogen (secondary N) is 3. The summed E-state index contributed by atoms with van der Waals surface area (Å²) in [6, 6.07) is 14.8. The number of aromatic amines is 1. The standard InChI is InChI=1S/C20H22N4O2/c1-2-3-12-21-18(25)13-22-15-9-5-4-8-14(15)19-20(26)24-17-11-7-6-10-16(17)23-19/h4-11,22H,2-3,12-13H2,1H3,(H,21,25)(H,24,26). The van der Waals surface area contributed by atoms with E-state index in [2.05, 4.69) is 27.5 Å². The first-order valence-electron chi connectivity index (χ1n) is 8.78. The number of benzene rings is 2. The maximum Gasteiger partial charge on any atom is 0.275 e. The first kappa shape index (κ1) is 17.7. The maximum atomic E-state index is 12.5. The van der Waals surface area contributed by atoms with E-state index in [4.69, 9.17) is 0 Å². The number of nitrogens with zero attached hydrogens (tertiary/aromatic N) is 1. The van der Waals surface area contributed by atoms with Crippen molar-refractivity contribution in [2.24, 2.45) is 0 Å². The number of anilines is 1. The summed E-state index contributed by atoms with van der Waals surface area (Å²) in [5.41, 5.74) is 2.85. The molecule has 0 aliphatic rings. The second-order valence-electron chi connectivity index (χ2n) is 6.03. The van der Waals surface area contributed by atoms with E-state index < -0.39 is 0 Å². The van der Waals surface area contributed by atoms with Crippen LogP contribution in [0, 0.1) is 0 Å². The Morgan fingerprint density at radius 3 is 2.73 bits per heavy atom. The molecule has 0 fully saturated rings. The van der Waals surface area contributed by atoms with Crippen molar-refractivity contribution >= 4 is 22.6 Å². The monoisotopic (exact) mass is 350 g/mol. The van der Waals surface area contributed by atoms with Crippen LogP contribution in [0.4, 0.5) is 5.69 Å². The van der Waals surface area contributed by atoms with Gasteiger partial charge in [-0.2, -0.15) is 0 Å². The number of para-hydroxylation sites is 3. The number of hydrogen-bond acceptors (Lipinski definition) is 4. The van der Waals surface area contributed by atoms with Crippen LogP contribution in [0.1, 0.15) is 19.8 Å². The van der Waals surface area contributed by atoms with Crippen LogP contribution in [0.15, 0.2) is 53.3 Å². The van der Waals surface area contributed by atoms with Crippen LogP contribution in [0.2, 0.25) is 0 Å². The van der Waals surface area contributed by atoms with Crippen molar-refractivity contribution in [2.45, 2.75) is 19.8 Å². The van der Waals surface area contributed by atoms with Gasteiger partial charge in [-0.15, -0.1) is 0 Å². The van der Waals surface area contributed by atoms with Crippen molar-refractivity contribution in [1.82, 2.24) is 15.3 Å². The number of H-pyrrole nitrogens is 1. The number of carbonyl (C=O) groups excluding carboxylic acids is 1. The predicted octanol–water partition coefficient (Wildman–Crippen LogP) is 2.92. The molecule has 6 heteroatoms. The molecule has 0 radical (unpaired) electrons. The van der Waals surface area contributed by atoms with E-state index >= 15 is 0 Å². The minimum absolute atomic E-state index is 0.0753. The molecule has 0 saturated carbocycles. The number of hydrogen-bond donors (Lipinski definition) is 3. The van der Waals surface area contributed by atoms with Crippen LogP contribution >= 0.6 is 0 Å². The van der Waals surface area contributed by atoms with E-state index in [0.717, 1.165) is 12.8 Å². The zero-order chi connectivity index (χ0) is 18.4. The van der Waals surface area contributed by atoms with Crippen molar-refractivity contribution in [1.29, 1.82) is 0 Å². The van der Waals surface area contributed by atoms with E-state index in [1.54, 1.807) is 0 Å². The Morgan fingerprint density at radius 1 is 1.12 bits per heavy atom. The van der Waals surface area contributed by atoms with E-state index in [1.165, 1.54) is 0 Å². The van der Waals surface area contributed by atoms with Crippen LogP contribution < -0.4 is 16.2 Å². The van der Waals surface area contributed by atoms with Gasteiger partial charge in [0.25, 0.3) is 5.56 Å². The molecule has 3 N–H and O–H groups in total. The summed E-state index contributed by atoms with van der Waals surface area (Å²) in [6.07, 6.45) is 1.99. The quantitative estimate of drug-likeness (QED) is 0.572. The molecule has 3 rings (SSSR count). The molecule has 3 aromatic rings. The fraction of sp³-hybridized carbons (Fsp3) is 0.250. The first-order chi connectivity index (χ1) is 12.7. The Labute approximate surface area is 151 Å². The lowest BCUT2D eigenvalue weighted by atomic mass is 10.1. The Balaban J connectivity index is 1.84. The number of unbranched alkanes of at least 4 members (excludes halogenated alkanes) is 1. The van der Waals surface area contributed by atoms with Gasteiger partial charge in [-0.3, -0.25) is 9.59 Å². The fourth-order valence-corrected chi connectivity index (χ4v) is 2.70. The molecule has 134 valence electrons. The molecule has 26 heavy (non-hydrogen) atoms. The average Bonchev–Trinajstić information content (AvgIpc) is 2.66. The van der Waals surface area contributed by atoms with E-state index in [-0.39, 0.29) is 18.0 Å². The lowest BCUT2D eigenvalue weighted by molar-refractivity contribution is -0.119. The highest BCUT2D eigenvalue weighted by molar-refractivity contribution is 5.85. The smallest absolute Gasteiger partial charge is 0.275 e. The molecule has 0 unspecified atom stereocenters. The molecule has 0 aliphatic carbocycles. The molecule has 0 aliphatic heterocycles. The lowest BCUT2D eigenvalue weighted by Crippen LogP contribution is -2.30. The molecular formula is C20H22N4O2.